The summed E-state index contributed by atoms with van der Waals surface area (Å²) in [5.74, 6) is 1.06. The highest BCUT2D eigenvalue weighted by molar-refractivity contribution is 5.76. The van der Waals surface area contributed by atoms with Gasteiger partial charge in [-0.15, -0.1) is 0 Å². The number of hydrogen-bond donors (Lipinski definition) is 1. The van der Waals surface area contributed by atoms with Gasteiger partial charge in [-0.25, -0.2) is 0 Å². The molecule has 1 rings (SSSR count). The minimum Gasteiger partial charge on any atom is -0.490 e. The van der Waals surface area contributed by atoms with E-state index in [0.29, 0.717) is 30.1 Å². The number of aldehydes is 1. The van der Waals surface area contributed by atoms with Gasteiger partial charge < -0.3 is 14.6 Å². The third-order valence-corrected chi connectivity index (χ3v) is 2.70. The summed E-state index contributed by atoms with van der Waals surface area (Å²) in [6, 6.07) is 4.97. The van der Waals surface area contributed by atoms with Crippen molar-refractivity contribution in [1.29, 1.82) is 0 Å². The largest absolute Gasteiger partial charge is 0.490 e. The highest BCUT2D eigenvalue weighted by Gasteiger charge is 2.19. The molecule has 1 aromatic rings. The van der Waals surface area contributed by atoms with E-state index < -0.39 is 5.60 Å². The Morgan fingerprint density at radius 3 is 2.56 bits per heavy atom. The lowest BCUT2D eigenvalue weighted by molar-refractivity contribution is 0.00761. The fraction of sp³-hybridized carbons (Fsp3) is 0.500. The minimum atomic E-state index is -0.868. The minimum absolute atomic E-state index is 0.185. The monoisotopic (exact) mass is 252 g/mol. The summed E-state index contributed by atoms with van der Waals surface area (Å²) in [6.07, 6.45) is 1.36. The van der Waals surface area contributed by atoms with Gasteiger partial charge in [-0.3, -0.25) is 4.79 Å². The Balaban J connectivity index is 2.84. The van der Waals surface area contributed by atoms with E-state index in [1.165, 1.54) is 0 Å². The number of benzene rings is 1. The van der Waals surface area contributed by atoms with Crippen molar-refractivity contribution < 1.29 is 19.4 Å². The highest BCUT2D eigenvalue weighted by Crippen LogP contribution is 2.29. The summed E-state index contributed by atoms with van der Waals surface area (Å²) >= 11 is 0. The number of ether oxygens (including phenoxy) is 2. The molecule has 0 aliphatic heterocycles. The molecule has 0 bridgehead atoms. The summed E-state index contributed by atoms with van der Waals surface area (Å²) in [5, 5.41) is 9.88. The van der Waals surface area contributed by atoms with Crippen molar-refractivity contribution in [2.45, 2.75) is 32.8 Å². The molecule has 0 saturated heterocycles. The van der Waals surface area contributed by atoms with Gasteiger partial charge in [0, 0.05) is 5.56 Å². The molecule has 0 amide bonds. The molecule has 0 aliphatic rings. The van der Waals surface area contributed by atoms with Crippen LogP contribution >= 0.6 is 0 Å². The van der Waals surface area contributed by atoms with E-state index in [2.05, 4.69) is 0 Å². The molecule has 0 aliphatic carbocycles. The Bertz CT molecular complexity index is 399. The molecule has 1 atom stereocenters. The average molecular weight is 252 g/mol. The fourth-order valence-electron chi connectivity index (χ4n) is 1.32. The summed E-state index contributed by atoms with van der Waals surface area (Å²) in [5.41, 5.74) is -0.333. The summed E-state index contributed by atoms with van der Waals surface area (Å²) < 4.78 is 11.0. The van der Waals surface area contributed by atoms with Crippen LogP contribution < -0.4 is 9.47 Å². The summed E-state index contributed by atoms with van der Waals surface area (Å²) in [4.78, 5) is 10.7. The topological polar surface area (TPSA) is 55.8 Å². The first-order valence-electron chi connectivity index (χ1n) is 6.09. The van der Waals surface area contributed by atoms with Crippen molar-refractivity contribution >= 4 is 6.29 Å². The molecule has 100 valence electrons. The fourth-order valence-corrected chi connectivity index (χ4v) is 1.32. The number of rotatable bonds is 7. The predicted molar refractivity (Wildman–Crippen MR) is 69.4 cm³/mol. The van der Waals surface area contributed by atoms with Crippen LogP contribution in [0.2, 0.25) is 0 Å². The van der Waals surface area contributed by atoms with E-state index in [4.69, 9.17) is 9.47 Å². The average Bonchev–Trinajstić information content (AvgIpc) is 2.37. The van der Waals surface area contributed by atoms with Crippen molar-refractivity contribution in [3.8, 4) is 11.5 Å². The van der Waals surface area contributed by atoms with Gasteiger partial charge in [-0.05, 0) is 38.5 Å². The number of carbonyl (C=O) groups excluding carboxylic acids is 1. The molecule has 0 aromatic heterocycles. The van der Waals surface area contributed by atoms with Crippen molar-refractivity contribution in [2.24, 2.45) is 0 Å². The van der Waals surface area contributed by atoms with Crippen LogP contribution in [0.3, 0.4) is 0 Å². The normalized spacial score (nSPS) is 13.8. The van der Waals surface area contributed by atoms with E-state index in [0.717, 1.165) is 6.29 Å². The van der Waals surface area contributed by atoms with Gasteiger partial charge in [0.15, 0.2) is 11.5 Å². The molecule has 4 nitrogen and oxygen atoms in total. The van der Waals surface area contributed by atoms with Crippen molar-refractivity contribution in [2.75, 3.05) is 13.2 Å². The van der Waals surface area contributed by atoms with Gasteiger partial charge in [0.05, 0.1) is 12.2 Å². The third kappa shape index (κ3) is 4.04. The van der Waals surface area contributed by atoms with E-state index >= 15 is 0 Å². The van der Waals surface area contributed by atoms with Gasteiger partial charge in [-0.2, -0.15) is 0 Å². The maximum absolute atomic E-state index is 10.7. The molecule has 0 fully saturated rings. The Hall–Kier alpha value is -1.55. The van der Waals surface area contributed by atoms with Crippen LogP contribution in [-0.4, -0.2) is 30.2 Å². The summed E-state index contributed by atoms with van der Waals surface area (Å²) in [6.45, 7) is 6.14. The lowest BCUT2D eigenvalue weighted by Crippen LogP contribution is -2.31. The second-order valence-electron chi connectivity index (χ2n) is 4.40. The zero-order valence-corrected chi connectivity index (χ0v) is 11.1. The molecule has 1 aromatic carbocycles. The van der Waals surface area contributed by atoms with Gasteiger partial charge in [0.1, 0.15) is 12.9 Å². The molecule has 18 heavy (non-hydrogen) atoms. The third-order valence-electron chi connectivity index (χ3n) is 2.70. The molecular formula is C14H20O4. The Kier molecular flexibility index (Phi) is 5.16. The van der Waals surface area contributed by atoms with Crippen LogP contribution in [0.15, 0.2) is 18.2 Å². The molecular weight excluding hydrogens is 232 g/mol. The van der Waals surface area contributed by atoms with Crippen LogP contribution in [0, 0.1) is 0 Å². The van der Waals surface area contributed by atoms with Crippen molar-refractivity contribution in [3.05, 3.63) is 23.8 Å². The first-order chi connectivity index (χ1) is 8.52. The molecule has 0 radical (unpaired) electrons. The quantitative estimate of drug-likeness (QED) is 0.757. The number of aliphatic hydroxyl groups is 1. The Morgan fingerprint density at radius 2 is 2.00 bits per heavy atom. The maximum atomic E-state index is 10.7. The standard InChI is InChI=1S/C14H20O4/c1-4-14(3,16)10-18-12-7-6-11(9-15)8-13(12)17-5-2/h6-9,16H,4-5,10H2,1-3H3. The smallest absolute Gasteiger partial charge is 0.161 e. The van der Waals surface area contributed by atoms with Gasteiger partial charge in [0.25, 0.3) is 0 Å². The molecule has 0 spiro atoms. The summed E-state index contributed by atoms with van der Waals surface area (Å²) in [7, 11) is 0. The van der Waals surface area contributed by atoms with Crippen molar-refractivity contribution in [1.82, 2.24) is 0 Å². The van der Waals surface area contributed by atoms with Crippen LogP contribution in [0.4, 0.5) is 0 Å². The van der Waals surface area contributed by atoms with E-state index in [-0.39, 0.29) is 6.61 Å². The molecule has 0 heterocycles. The second kappa shape index (κ2) is 6.40. The van der Waals surface area contributed by atoms with E-state index in [1.807, 2.05) is 13.8 Å². The van der Waals surface area contributed by atoms with Crippen LogP contribution in [0.25, 0.3) is 0 Å². The lowest BCUT2D eigenvalue weighted by Gasteiger charge is -2.22. The molecule has 1 N–H and O–H groups in total. The van der Waals surface area contributed by atoms with Gasteiger partial charge >= 0.3 is 0 Å². The predicted octanol–water partition coefficient (Wildman–Crippen LogP) is 2.44. The van der Waals surface area contributed by atoms with Gasteiger partial charge in [-0.1, -0.05) is 6.92 Å². The number of hydrogen-bond acceptors (Lipinski definition) is 4. The zero-order valence-electron chi connectivity index (χ0n) is 11.1. The van der Waals surface area contributed by atoms with Crippen LogP contribution in [0.1, 0.15) is 37.6 Å². The Morgan fingerprint density at radius 1 is 1.28 bits per heavy atom. The van der Waals surface area contributed by atoms with E-state index in [9.17, 15) is 9.90 Å². The highest BCUT2D eigenvalue weighted by atomic mass is 16.5. The molecule has 4 heteroatoms. The van der Waals surface area contributed by atoms with Crippen LogP contribution in [-0.2, 0) is 0 Å². The molecule has 0 saturated carbocycles. The lowest BCUT2D eigenvalue weighted by atomic mass is 10.1. The molecule has 1 unspecified atom stereocenters. The Labute approximate surface area is 108 Å². The second-order valence-corrected chi connectivity index (χ2v) is 4.40. The van der Waals surface area contributed by atoms with Crippen LogP contribution in [0.5, 0.6) is 11.5 Å². The SMILES string of the molecule is CCOc1cc(C=O)ccc1OCC(C)(O)CC. The first kappa shape index (κ1) is 14.5. The first-order valence-corrected chi connectivity index (χ1v) is 6.09. The van der Waals surface area contributed by atoms with E-state index in [1.54, 1.807) is 25.1 Å². The zero-order chi connectivity index (χ0) is 13.6. The van der Waals surface area contributed by atoms with Crippen molar-refractivity contribution in [3.63, 3.8) is 0 Å². The maximum Gasteiger partial charge on any atom is 0.161 e. The number of carbonyl (C=O) groups is 1. The van der Waals surface area contributed by atoms with Gasteiger partial charge in [0.2, 0.25) is 0 Å².